The molecule has 0 aliphatic heterocycles. The highest BCUT2D eigenvalue weighted by Gasteiger charge is 2.21. The SMILES string of the molecule is CCOc1ccc(Br)cc1[C@@H](N)C(F)F. The molecule has 1 atom stereocenters. The Hall–Kier alpha value is -0.680. The van der Waals surface area contributed by atoms with E-state index < -0.39 is 12.5 Å². The molecule has 0 bridgehead atoms. The highest BCUT2D eigenvalue weighted by Crippen LogP contribution is 2.30. The van der Waals surface area contributed by atoms with Crippen LogP contribution in [0.15, 0.2) is 22.7 Å². The van der Waals surface area contributed by atoms with Crippen LogP contribution in [0.25, 0.3) is 0 Å². The van der Waals surface area contributed by atoms with Gasteiger partial charge in [0.1, 0.15) is 5.75 Å². The average Bonchev–Trinajstić information content (AvgIpc) is 2.20. The van der Waals surface area contributed by atoms with Crippen molar-refractivity contribution in [3.63, 3.8) is 0 Å². The highest BCUT2D eigenvalue weighted by atomic mass is 79.9. The first kappa shape index (κ1) is 12.4. The highest BCUT2D eigenvalue weighted by molar-refractivity contribution is 9.10. The van der Waals surface area contributed by atoms with Gasteiger partial charge in [-0.25, -0.2) is 8.78 Å². The molecule has 0 spiro atoms. The molecule has 1 aromatic carbocycles. The average molecular weight is 280 g/mol. The number of ether oxygens (including phenoxy) is 1. The fourth-order valence-electron chi connectivity index (χ4n) is 1.20. The lowest BCUT2D eigenvalue weighted by molar-refractivity contribution is 0.114. The van der Waals surface area contributed by atoms with E-state index in [2.05, 4.69) is 15.9 Å². The summed E-state index contributed by atoms with van der Waals surface area (Å²) in [6.45, 7) is 2.21. The van der Waals surface area contributed by atoms with Crippen molar-refractivity contribution in [3.05, 3.63) is 28.2 Å². The maximum Gasteiger partial charge on any atom is 0.257 e. The second kappa shape index (κ2) is 5.42. The molecule has 1 aromatic rings. The second-order valence-electron chi connectivity index (χ2n) is 2.98. The van der Waals surface area contributed by atoms with E-state index in [0.29, 0.717) is 22.4 Å². The van der Waals surface area contributed by atoms with Gasteiger partial charge in [-0.05, 0) is 25.1 Å². The molecule has 2 nitrogen and oxygen atoms in total. The van der Waals surface area contributed by atoms with Gasteiger partial charge >= 0.3 is 0 Å². The topological polar surface area (TPSA) is 35.2 Å². The lowest BCUT2D eigenvalue weighted by Gasteiger charge is -2.16. The van der Waals surface area contributed by atoms with E-state index in [0.717, 1.165) is 0 Å². The van der Waals surface area contributed by atoms with E-state index in [1.807, 2.05) is 0 Å². The third-order valence-corrected chi connectivity index (χ3v) is 2.40. The van der Waals surface area contributed by atoms with Crippen LogP contribution >= 0.6 is 15.9 Å². The first-order valence-electron chi connectivity index (χ1n) is 4.52. The van der Waals surface area contributed by atoms with Gasteiger partial charge in [0.2, 0.25) is 0 Å². The summed E-state index contributed by atoms with van der Waals surface area (Å²) in [7, 11) is 0. The van der Waals surface area contributed by atoms with Gasteiger partial charge in [0.15, 0.2) is 0 Å². The Morgan fingerprint density at radius 1 is 1.47 bits per heavy atom. The first-order chi connectivity index (χ1) is 7.06. The maximum atomic E-state index is 12.5. The fourth-order valence-corrected chi connectivity index (χ4v) is 1.58. The minimum atomic E-state index is -2.60. The van der Waals surface area contributed by atoms with Crippen molar-refractivity contribution in [2.75, 3.05) is 6.61 Å². The Kier molecular flexibility index (Phi) is 4.47. The van der Waals surface area contributed by atoms with E-state index in [1.165, 1.54) is 0 Å². The minimum absolute atomic E-state index is 0.321. The van der Waals surface area contributed by atoms with Crippen LogP contribution in [0, 0.1) is 0 Å². The van der Waals surface area contributed by atoms with E-state index >= 15 is 0 Å². The molecule has 84 valence electrons. The summed E-state index contributed by atoms with van der Waals surface area (Å²) >= 11 is 3.21. The molecule has 0 amide bonds. The number of hydrogen-bond acceptors (Lipinski definition) is 2. The van der Waals surface area contributed by atoms with Crippen molar-refractivity contribution in [1.29, 1.82) is 0 Å². The number of rotatable bonds is 4. The van der Waals surface area contributed by atoms with Gasteiger partial charge in [-0.15, -0.1) is 0 Å². The van der Waals surface area contributed by atoms with Crippen LogP contribution in [0.4, 0.5) is 8.78 Å². The summed E-state index contributed by atoms with van der Waals surface area (Å²) in [6.07, 6.45) is -2.60. The van der Waals surface area contributed by atoms with Gasteiger partial charge in [-0.1, -0.05) is 15.9 Å². The molecule has 0 heterocycles. The van der Waals surface area contributed by atoms with Crippen molar-refractivity contribution >= 4 is 15.9 Å². The van der Waals surface area contributed by atoms with E-state index in [-0.39, 0.29) is 0 Å². The van der Waals surface area contributed by atoms with E-state index in [4.69, 9.17) is 10.5 Å². The normalized spacial score (nSPS) is 12.9. The van der Waals surface area contributed by atoms with Gasteiger partial charge in [-0.3, -0.25) is 0 Å². The first-order valence-corrected chi connectivity index (χ1v) is 5.31. The molecule has 15 heavy (non-hydrogen) atoms. The molecule has 0 aromatic heterocycles. The molecule has 0 unspecified atom stereocenters. The zero-order valence-electron chi connectivity index (χ0n) is 8.21. The predicted octanol–water partition coefficient (Wildman–Crippen LogP) is 3.11. The third-order valence-electron chi connectivity index (χ3n) is 1.90. The number of nitrogens with two attached hydrogens (primary N) is 1. The Bertz CT molecular complexity index is 333. The van der Waals surface area contributed by atoms with Gasteiger partial charge in [0.05, 0.1) is 12.6 Å². The van der Waals surface area contributed by atoms with Crippen molar-refractivity contribution in [2.45, 2.75) is 19.4 Å². The summed E-state index contributed by atoms with van der Waals surface area (Å²) in [5.41, 5.74) is 5.71. The molecule has 2 N–H and O–H groups in total. The molecule has 0 aliphatic carbocycles. The van der Waals surface area contributed by atoms with Crippen LogP contribution in [0.5, 0.6) is 5.75 Å². The monoisotopic (exact) mass is 279 g/mol. The van der Waals surface area contributed by atoms with Gasteiger partial charge < -0.3 is 10.5 Å². The molecule has 0 radical (unpaired) electrons. The van der Waals surface area contributed by atoms with Crippen LogP contribution in [-0.4, -0.2) is 13.0 Å². The van der Waals surface area contributed by atoms with Gasteiger partial charge in [0.25, 0.3) is 6.43 Å². The smallest absolute Gasteiger partial charge is 0.257 e. The summed E-state index contributed by atoms with van der Waals surface area (Å²) in [5, 5.41) is 0. The van der Waals surface area contributed by atoms with Gasteiger partial charge in [0, 0.05) is 10.0 Å². The van der Waals surface area contributed by atoms with Crippen molar-refractivity contribution in [3.8, 4) is 5.75 Å². The molecule has 0 fully saturated rings. The van der Waals surface area contributed by atoms with Crippen LogP contribution in [0.2, 0.25) is 0 Å². The van der Waals surface area contributed by atoms with Gasteiger partial charge in [-0.2, -0.15) is 0 Å². The molecule has 1 rings (SSSR count). The standard InChI is InChI=1S/C10H12BrF2NO/c1-2-15-8-4-3-6(11)5-7(8)9(14)10(12)13/h3-5,9-10H,2,14H2,1H3/t9-/m1/s1. The Morgan fingerprint density at radius 2 is 2.13 bits per heavy atom. The molecular weight excluding hydrogens is 268 g/mol. The molecule has 0 saturated carbocycles. The Morgan fingerprint density at radius 3 is 2.67 bits per heavy atom. The van der Waals surface area contributed by atoms with Crippen molar-refractivity contribution < 1.29 is 13.5 Å². The molecule has 5 heteroatoms. The maximum absolute atomic E-state index is 12.5. The second-order valence-corrected chi connectivity index (χ2v) is 3.89. The van der Waals surface area contributed by atoms with Crippen LogP contribution in [0.3, 0.4) is 0 Å². The summed E-state index contributed by atoms with van der Waals surface area (Å²) in [5.74, 6) is 0.411. The molecular formula is C10H12BrF2NO. The number of alkyl halides is 2. The quantitative estimate of drug-likeness (QED) is 0.919. The number of hydrogen-bond donors (Lipinski definition) is 1. The molecule has 0 aliphatic rings. The van der Waals surface area contributed by atoms with Crippen LogP contribution in [-0.2, 0) is 0 Å². The largest absolute Gasteiger partial charge is 0.494 e. The van der Waals surface area contributed by atoms with Crippen LogP contribution in [0.1, 0.15) is 18.5 Å². The minimum Gasteiger partial charge on any atom is -0.494 e. The zero-order chi connectivity index (χ0) is 11.4. The van der Waals surface area contributed by atoms with Crippen molar-refractivity contribution in [2.24, 2.45) is 5.73 Å². The number of halogens is 3. The fraction of sp³-hybridized carbons (Fsp3) is 0.400. The summed E-state index contributed by atoms with van der Waals surface area (Å²) in [6, 6.07) is 3.60. The number of benzene rings is 1. The Balaban J connectivity index is 3.06. The molecule has 0 saturated heterocycles. The lowest BCUT2D eigenvalue weighted by Crippen LogP contribution is -2.20. The third kappa shape index (κ3) is 3.14. The predicted molar refractivity (Wildman–Crippen MR) is 58.2 cm³/mol. The lowest BCUT2D eigenvalue weighted by atomic mass is 10.1. The Labute approximate surface area is 95.5 Å². The summed E-state index contributed by atoms with van der Waals surface area (Å²) in [4.78, 5) is 0. The summed E-state index contributed by atoms with van der Waals surface area (Å²) < 4.78 is 30.9. The van der Waals surface area contributed by atoms with Crippen molar-refractivity contribution in [1.82, 2.24) is 0 Å². The zero-order valence-corrected chi connectivity index (χ0v) is 9.80. The van der Waals surface area contributed by atoms with Crippen LogP contribution < -0.4 is 10.5 Å². The van der Waals surface area contributed by atoms with E-state index in [9.17, 15) is 8.78 Å². The van der Waals surface area contributed by atoms with E-state index in [1.54, 1.807) is 25.1 Å².